The summed E-state index contributed by atoms with van der Waals surface area (Å²) >= 11 is 0. The van der Waals surface area contributed by atoms with Crippen LogP contribution in [0.3, 0.4) is 0 Å². The smallest absolute Gasteiger partial charge is 0.160 e. The summed E-state index contributed by atoms with van der Waals surface area (Å²) in [5, 5.41) is 6.23. The Bertz CT molecular complexity index is 3530. The Balaban J connectivity index is 0.957. The highest BCUT2D eigenvalue weighted by molar-refractivity contribution is 7.41. The fourth-order valence-electron chi connectivity index (χ4n) is 9.48. The molecule has 4 heteroatoms. The van der Waals surface area contributed by atoms with Crippen LogP contribution in [0.4, 0.5) is 0 Å². The lowest BCUT2D eigenvalue weighted by Crippen LogP contribution is -2.22. The third-order valence-electron chi connectivity index (χ3n) is 12.7. The molecule has 2 unspecified atom stereocenters. The molecular formula is C60H40N3P. The minimum Gasteiger partial charge on any atom is -0.251 e. The molecule has 4 aliphatic rings. The first-order chi connectivity index (χ1) is 31.7. The molecule has 0 spiro atoms. The van der Waals surface area contributed by atoms with E-state index in [4.69, 9.17) is 15.0 Å². The monoisotopic (exact) mass is 833 g/mol. The van der Waals surface area contributed by atoms with E-state index in [-0.39, 0.29) is 11.8 Å². The SMILES string of the molecule is C1=CC(c2cccc(-c3ccccc3)c2)c2c3c4ccccc4pc-3c3c(nc2=C1)C(c1ccc(-c2cc(-c4ccc(-c5ccccc5)cc4)nc(-c4ccccc4)n2)cc1)C=CC=3. The highest BCUT2D eigenvalue weighted by Crippen LogP contribution is 2.46. The Hall–Kier alpha value is -7.84. The van der Waals surface area contributed by atoms with Crippen molar-refractivity contribution >= 4 is 30.8 Å². The molecule has 8 aromatic rings. The maximum atomic E-state index is 5.69. The maximum Gasteiger partial charge on any atom is 0.160 e. The largest absolute Gasteiger partial charge is 0.251 e. The highest BCUT2D eigenvalue weighted by Gasteiger charge is 2.28. The van der Waals surface area contributed by atoms with Crippen molar-refractivity contribution in [2.24, 2.45) is 0 Å². The number of hydrogen-bond acceptors (Lipinski definition) is 3. The summed E-state index contributed by atoms with van der Waals surface area (Å²) in [5.41, 5.74) is 15.8. The van der Waals surface area contributed by atoms with Crippen LogP contribution in [0.2, 0.25) is 0 Å². The van der Waals surface area contributed by atoms with E-state index in [9.17, 15) is 0 Å². The first kappa shape index (κ1) is 37.9. The van der Waals surface area contributed by atoms with E-state index in [0.717, 1.165) is 39.1 Å². The number of nitrogens with zero attached hydrogens (tertiary/aromatic N) is 3. The van der Waals surface area contributed by atoms with Gasteiger partial charge in [-0.25, -0.2) is 9.97 Å². The van der Waals surface area contributed by atoms with Crippen LogP contribution in [-0.4, -0.2) is 15.0 Å². The lowest BCUT2D eigenvalue weighted by atomic mass is 9.84. The lowest BCUT2D eigenvalue weighted by Gasteiger charge is -2.19. The second kappa shape index (κ2) is 16.1. The van der Waals surface area contributed by atoms with Crippen LogP contribution < -0.4 is 10.6 Å². The molecule has 300 valence electrons. The first-order valence-electron chi connectivity index (χ1n) is 21.9. The van der Waals surface area contributed by atoms with E-state index in [0.29, 0.717) is 5.82 Å². The molecule has 3 nitrogen and oxygen atoms in total. The summed E-state index contributed by atoms with van der Waals surface area (Å²) in [7, 11) is 1.21. The standard InChI is InChI=1S/C60H40N3P/c1-4-15-39(16-5-1)41-29-33-43(34-30-41)53-38-54(63-60(62-53)45-19-8-3-9-20-45)44-35-31-42(32-36-44)49-25-13-26-51-58(49)61-52-27-14-24-48(47-22-12-21-46(37-47)40-17-6-2-7-18-40)56(52)57-50-23-10-11-28-55(50)64-59(51)57/h1-38,48-49H. The average Bonchev–Trinajstić information content (AvgIpc) is 3.69. The van der Waals surface area contributed by atoms with Gasteiger partial charge in [-0.15, -0.1) is 0 Å². The van der Waals surface area contributed by atoms with Gasteiger partial charge in [0.2, 0.25) is 0 Å². The minimum atomic E-state index is -0.0308. The van der Waals surface area contributed by atoms with Gasteiger partial charge in [0.1, 0.15) is 0 Å². The van der Waals surface area contributed by atoms with Crippen molar-refractivity contribution in [3.8, 4) is 67.0 Å². The molecule has 64 heavy (non-hydrogen) atoms. The Morgan fingerprint density at radius 3 is 1.69 bits per heavy atom. The molecule has 7 aromatic carbocycles. The van der Waals surface area contributed by atoms with Gasteiger partial charge in [-0.2, -0.15) is 0 Å². The third-order valence-corrected chi connectivity index (χ3v) is 14.0. The van der Waals surface area contributed by atoms with E-state index in [1.165, 1.54) is 73.7 Å². The van der Waals surface area contributed by atoms with Gasteiger partial charge in [0.15, 0.2) is 5.82 Å². The molecule has 3 heterocycles. The number of aromatic nitrogens is 3. The van der Waals surface area contributed by atoms with Crippen molar-refractivity contribution in [2.75, 3.05) is 0 Å². The van der Waals surface area contributed by atoms with Crippen LogP contribution in [0.25, 0.3) is 89.7 Å². The fraction of sp³-hybridized carbons (Fsp3) is 0.0333. The van der Waals surface area contributed by atoms with Crippen LogP contribution in [0, 0.1) is 0 Å². The van der Waals surface area contributed by atoms with Crippen LogP contribution in [-0.2, 0) is 0 Å². The molecule has 0 N–H and O–H groups in total. The number of allylic oxidation sites excluding steroid dienone is 4. The predicted molar refractivity (Wildman–Crippen MR) is 267 cm³/mol. The van der Waals surface area contributed by atoms with Gasteiger partial charge in [-0.3, -0.25) is 4.98 Å². The second-order valence-corrected chi connectivity index (χ2v) is 17.7. The van der Waals surface area contributed by atoms with Gasteiger partial charge in [0.05, 0.1) is 22.4 Å². The molecule has 0 bridgehead atoms. The van der Waals surface area contributed by atoms with E-state index >= 15 is 0 Å². The second-order valence-electron chi connectivity index (χ2n) is 16.5. The maximum absolute atomic E-state index is 5.69. The molecule has 2 atom stereocenters. The summed E-state index contributed by atoms with van der Waals surface area (Å²) in [4.78, 5) is 16.0. The normalized spacial score (nSPS) is 15.1. The van der Waals surface area contributed by atoms with E-state index < -0.39 is 0 Å². The average molecular weight is 834 g/mol. The number of benzene rings is 7. The number of hydrogen-bond donors (Lipinski definition) is 0. The van der Waals surface area contributed by atoms with Crippen molar-refractivity contribution in [1.29, 1.82) is 0 Å². The molecule has 12 rings (SSSR count). The minimum absolute atomic E-state index is 0.0308. The molecule has 0 saturated carbocycles. The highest BCUT2D eigenvalue weighted by atomic mass is 31.0. The van der Waals surface area contributed by atoms with Crippen LogP contribution in [0.5, 0.6) is 0 Å². The van der Waals surface area contributed by atoms with E-state index in [2.05, 4.69) is 206 Å². The molecule has 2 aliphatic carbocycles. The third kappa shape index (κ3) is 6.88. The zero-order valence-electron chi connectivity index (χ0n) is 34.9. The van der Waals surface area contributed by atoms with Gasteiger partial charge >= 0.3 is 0 Å². The summed E-state index contributed by atoms with van der Waals surface area (Å²) in [6.45, 7) is 0. The Morgan fingerprint density at radius 1 is 0.406 bits per heavy atom. The van der Waals surface area contributed by atoms with E-state index in [1.807, 2.05) is 24.3 Å². The van der Waals surface area contributed by atoms with Crippen molar-refractivity contribution in [3.05, 3.63) is 251 Å². The quantitative estimate of drug-likeness (QED) is 0.161. The molecule has 0 radical (unpaired) electrons. The van der Waals surface area contributed by atoms with Crippen LogP contribution >= 0.6 is 8.19 Å². The molecule has 0 saturated heterocycles. The van der Waals surface area contributed by atoms with Gasteiger partial charge < -0.3 is 0 Å². The van der Waals surface area contributed by atoms with Gasteiger partial charge in [0.25, 0.3) is 0 Å². The molecular weight excluding hydrogens is 794 g/mol. The Labute approximate surface area is 374 Å². The summed E-state index contributed by atoms with van der Waals surface area (Å²) in [6.07, 6.45) is 13.6. The van der Waals surface area contributed by atoms with Crippen LogP contribution in [0.15, 0.2) is 218 Å². The number of rotatable bonds is 7. The van der Waals surface area contributed by atoms with Crippen molar-refractivity contribution in [3.63, 3.8) is 0 Å². The molecule has 0 fully saturated rings. The zero-order valence-corrected chi connectivity index (χ0v) is 35.8. The molecule has 2 aliphatic heterocycles. The first-order valence-corrected chi connectivity index (χ1v) is 22.8. The topological polar surface area (TPSA) is 38.7 Å². The van der Waals surface area contributed by atoms with Gasteiger partial charge in [0, 0.05) is 49.7 Å². The van der Waals surface area contributed by atoms with Crippen molar-refractivity contribution in [2.45, 2.75) is 11.8 Å². The molecule has 0 amide bonds. The van der Waals surface area contributed by atoms with Crippen molar-refractivity contribution in [1.82, 2.24) is 15.0 Å². The molecule has 1 aromatic heterocycles. The Morgan fingerprint density at radius 2 is 0.969 bits per heavy atom. The predicted octanol–water partition coefficient (Wildman–Crippen LogP) is 14.0. The fourth-order valence-corrected chi connectivity index (χ4v) is 10.8. The summed E-state index contributed by atoms with van der Waals surface area (Å²) in [5.74, 6) is 0.720. The van der Waals surface area contributed by atoms with Gasteiger partial charge in [-0.05, 0) is 62.5 Å². The lowest BCUT2D eigenvalue weighted by molar-refractivity contribution is 0.918. The number of fused-ring (bicyclic) bond motifs is 7. The Kier molecular flexibility index (Phi) is 9.55. The zero-order chi connectivity index (χ0) is 42.4. The summed E-state index contributed by atoms with van der Waals surface area (Å²) < 4.78 is 0. The van der Waals surface area contributed by atoms with Gasteiger partial charge in [-0.1, -0.05) is 221 Å². The summed E-state index contributed by atoms with van der Waals surface area (Å²) in [6, 6.07) is 69.1. The van der Waals surface area contributed by atoms with Crippen LogP contribution in [0.1, 0.15) is 34.2 Å². The van der Waals surface area contributed by atoms with E-state index in [1.54, 1.807) is 0 Å². The van der Waals surface area contributed by atoms with Crippen molar-refractivity contribution < 1.29 is 0 Å².